The minimum absolute atomic E-state index is 0.0298. The van der Waals surface area contributed by atoms with E-state index >= 15 is 0 Å². The molecule has 0 bridgehead atoms. The van der Waals surface area contributed by atoms with Crippen molar-refractivity contribution in [1.82, 2.24) is 25.5 Å². The molecule has 2 amide bonds. The summed E-state index contributed by atoms with van der Waals surface area (Å²) in [5.74, 6) is 0.746. The van der Waals surface area contributed by atoms with Crippen LogP contribution in [-0.4, -0.2) is 73.3 Å². The van der Waals surface area contributed by atoms with Crippen LogP contribution in [-0.2, 0) is 5.54 Å². The number of hydrogen-bond acceptors (Lipinski definition) is 6. The number of carbonyl (C=O) groups is 1. The molecule has 8 heteroatoms. The molecule has 1 spiro atoms. The van der Waals surface area contributed by atoms with E-state index in [-0.39, 0.29) is 17.1 Å². The van der Waals surface area contributed by atoms with E-state index in [1.807, 2.05) is 11.9 Å². The van der Waals surface area contributed by atoms with Gasteiger partial charge in [-0.05, 0) is 45.3 Å². The van der Waals surface area contributed by atoms with Gasteiger partial charge in [-0.25, -0.2) is 14.8 Å². The van der Waals surface area contributed by atoms with Gasteiger partial charge in [-0.2, -0.15) is 0 Å². The summed E-state index contributed by atoms with van der Waals surface area (Å²) in [6, 6.07) is 10.6. The summed E-state index contributed by atoms with van der Waals surface area (Å²) < 4.78 is 0. The lowest BCUT2D eigenvalue weighted by Crippen LogP contribution is -2.53. The Balaban J connectivity index is 1.27. The highest BCUT2D eigenvalue weighted by Crippen LogP contribution is 2.43. The molecular weight excluding hydrogens is 402 g/mol. The number of piperazine rings is 1. The average molecular weight is 436 g/mol. The van der Waals surface area contributed by atoms with E-state index < -0.39 is 0 Å². The second-order valence-corrected chi connectivity index (χ2v) is 9.53. The largest absolute Gasteiger partial charge is 0.338 e. The number of aromatic nitrogens is 2. The molecule has 32 heavy (non-hydrogen) atoms. The first-order valence-electron chi connectivity index (χ1n) is 11.6. The van der Waals surface area contributed by atoms with E-state index in [9.17, 15) is 4.79 Å². The summed E-state index contributed by atoms with van der Waals surface area (Å²) in [6.45, 7) is 4.55. The lowest BCUT2D eigenvalue weighted by Gasteiger charge is -2.45. The molecule has 1 aliphatic carbocycles. The summed E-state index contributed by atoms with van der Waals surface area (Å²) in [5, 5.41) is 6.88. The van der Waals surface area contributed by atoms with Gasteiger partial charge in [0.25, 0.3) is 0 Å². The molecule has 2 saturated heterocycles. The van der Waals surface area contributed by atoms with Gasteiger partial charge < -0.3 is 20.4 Å². The fourth-order valence-corrected chi connectivity index (χ4v) is 5.42. The third-order valence-corrected chi connectivity index (χ3v) is 7.67. The van der Waals surface area contributed by atoms with Crippen LogP contribution in [0, 0.1) is 0 Å². The second kappa shape index (κ2) is 8.33. The number of rotatable bonds is 4. The van der Waals surface area contributed by atoms with Crippen molar-refractivity contribution in [3.8, 4) is 0 Å². The Kier molecular flexibility index (Phi) is 5.51. The standard InChI is InChI=1S/C24H33N7O/c1-25-24(19-6-4-3-5-7-19)10-8-23(9-11-24)18-31(22(32)28-23)20-16-26-21(27-17-20)30-14-12-29(2)13-15-30/h3-7,16-17,25H,8-15,18H2,1-2H3,(H,28,32)/t23-,24+. The number of benzene rings is 1. The van der Waals surface area contributed by atoms with Gasteiger partial charge in [0.2, 0.25) is 5.95 Å². The molecule has 0 radical (unpaired) electrons. The summed E-state index contributed by atoms with van der Waals surface area (Å²) in [6.07, 6.45) is 7.44. The van der Waals surface area contributed by atoms with Crippen LogP contribution in [0.2, 0.25) is 0 Å². The minimum atomic E-state index is -0.192. The lowest BCUT2D eigenvalue weighted by atomic mass is 9.69. The third kappa shape index (κ3) is 3.82. The van der Waals surface area contributed by atoms with Crippen molar-refractivity contribution in [3.63, 3.8) is 0 Å². The topological polar surface area (TPSA) is 76.6 Å². The van der Waals surface area contributed by atoms with Crippen LogP contribution in [0.1, 0.15) is 31.2 Å². The van der Waals surface area contributed by atoms with E-state index in [2.05, 4.69) is 67.8 Å². The summed E-state index contributed by atoms with van der Waals surface area (Å²) in [5.41, 5.74) is 1.87. The monoisotopic (exact) mass is 435 g/mol. The molecular formula is C24H33N7O. The van der Waals surface area contributed by atoms with Gasteiger partial charge in [0.05, 0.1) is 30.2 Å². The zero-order valence-electron chi connectivity index (χ0n) is 19.0. The van der Waals surface area contributed by atoms with Crippen molar-refractivity contribution < 1.29 is 4.79 Å². The predicted molar refractivity (Wildman–Crippen MR) is 126 cm³/mol. The molecule has 8 nitrogen and oxygen atoms in total. The SMILES string of the molecule is CN[C@]1(c2ccccc2)CC[C@]2(CC1)CN(c1cnc(N3CCN(C)CC3)nc1)C(=O)N2. The van der Waals surface area contributed by atoms with Gasteiger partial charge in [-0.3, -0.25) is 4.90 Å². The number of amides is 2. The van der Waals surface area contributed by atoms with Gasteiger partial charge >= 0.3 is 6.03 Å². The maximum absolute atomic E-state index is 12.9. The van der Waals surface area contributed by atoms with Gasteiger partial charge in [-0.1, -0.05) is 30.3 Å². The zero-order chi connectivity index (χ0) is 22.2. The Morgan fingerprint density at radius 1 is 0.969 bits per heavy atom. The third-order valence-electron chi connectivity index (χ3n) is 7.67. The van der Waals surface area contributed by atoms with Crippen LogP contribution in [0.4, 0.5) is 16.4 Å². The minimum Gasteiger partial charge on any atom is -0.338 e. The molecule has 170 valence electrons. The van der Waals surface area contributed by atoms with Crippen molar-refractivity contribution in [2.45, 2.75) is 36.8 Å². The van der Waals surface area contributed by atoms with Crippen molar-refractivity contribution >= 4 is 17.7 Å². The highest BCUT2D eigenvalue weighted by Gasteiger charge is 2.49. The van der Waals surface area contributed by atoms with Crippen LogP contribution in [0.15, 0.2) is 42.7 Å². The maximum Gasteiger partial charge on any atom is 0.322 e. The highest BCUT2D eigenvalue weighted by molar-refractivity contribution is 5.95. The number of hydrogen-bond donors (Lipinski definition) is 2. The smallest absolute Gasteiger partial charge is 0.322 e. The maximum atomic E-state index is 12.9. The fraction of sp³-hybridized carbons (Fsp3) is 0.542. The van der Waals surface area contributed by atoms with Crippen LogP contribution in [0.3, 0.4) is 0 Å². The van der Waals surface area contributed by atoms with Gasteiger partial charge in [0.15, 0.2) is 0 Å². The Hall–Kier alpha value is -2.71. The summed E-state index contributed by atoms with van der Waals surface area (Å²) >= 11 is 0. The van der Waals surface area contributed by atoms with Crippen molar-refractivity contribution in [2.24, 2.45) is 0 Å². The molecule has 3 aliphatic rings. The molecule has 3 heterocycles. The fourth-order valence-electron chi connectivity index (χ4n) is 5.42. The highest BCUT2D eigenvalue weighted by atomic mass is 16.2. The van der Waals surface area contributed by atoms with Crippen LogP contribution < -0.4 is 20.4 Å². The first-order chi connectivity index (χ1) is 15.5. The molecule has 1 saturated carbocycles. The van der Waals surface area contributed by atoms with Gasteiger partial charge in [-0.15, -0.1) is 0 Å². The van der Waals surface area contributed by atoms with Gasteiger partial charge in [0, 0.05) is 31.7 Å². The van der Waals surface area contributed by atoms with E-state index in [1.54, 1.807) is 12.4 Å². The molecule has 2 N–H and O–H groups in total. The molecule has 1 aromatic heterocycles. The van der Waals surface area contributed by atoms with E-state index in [0.717, 1.165) is 63.5 Å². The Bertz CT molecular complexity index is 933. The number of anilines is 2. The van der Waals surface area contributed by atoms with Crippen LogP contribution >= 0.6 is 0 Å². The van der Waals surface area contributed by atoms with Crippen molar-refractivity contribution in [1.29, 1.82) is 0 Å². The number of urea groups is 1. The van der Waals surface area contributed by atoms with E-state index in [1.165, 1.54) is 5.56 Å². The predicted octanol–water partition coefficient (Wildman–Crippen LogP) is 2.19. The van der Waals surface area contributed by atoms with Crippen LogP contribution in [0.25, 0.3) is 0 Å². The summed E-state index contributed by atoms with van der Waals surface area (Å²) in [7, 11) is 4.18. The molecule has 0 unspecified atom stereocenters. The lowest BCUT2D eigenvalue weighted by molar-refractivity contribution is 0.167. The first kappa shape index (κ1) is 21.2. The number of carbonyl (C=O) groups excluding carboxylic acids is 1. The first-order valence-corrected chi connectivity index (χ1v) is 11.6. The Labute approximate surface area is 190 Å². The number of likely N-dealkylation sites (N-methyl/N-ethyl adjacent to an activating group) is 1. The molecule has 5 rings (SSSR count). The molecule has 2 aromatic rings. The zero-order valence-corrected chi connectivity index (χ0v) is 19.0. The molecule has 1 aromatic carbocycles. The normalized spacial score (nSPS) is 28.9. The number of nitrogens with one attached hydrogen (secondary N) is 2. The quantitative estimate of drug-likeness (QED) is 0.767. The molecule has 3 fully saturated rings. The molecule has 2 aliphatic heterocycles. The summed E-state index contributed by atoms with van der Waals surface area (Å²) in [4.78, 5) is 28.4. The second-order valence-electron chi connectivity index (χ2n) is 9.53. The molecule has 0 atom stereocenters. The van der Waals surface area contributed by atoms with E-state index in [4.69, 9.17) is 0 Å². The van der Waals surface area contributed by atoms with E-state index in [0.29, 0.717) is 6.54 Å². The van der Waals surface area contributed by atoms with Gasteiger partial charge in [0.1, 0.15) is 0 Å². The Morgan fingerprint density at radius 2 is 1.62 bits per heavy atom. The van der Waals surface area contributed by atoms with Crippen molar-refractivity contribution in [3.05, 3.63) is 48.3 Å². The van der Waals surface area contributed by atoms with Crippen molar-refractivity contribution in [2.75, 3.05) is 56.6 Å². The number of nitrogens with zero attached hydrogens (tertiary/aromatic N) is 5. The van der Waals surface area contributed by atoms with Crippen LogP contribution in [0.5, 0.6) is 0 Å². The Morgan fingerprint density at radius 3 is 2.25 bits per heavy atom. The average Bonchev–Trinajstić information content (AvgIpc) is 3.17.